The molecule has 1 saturated heterocycles. The van der Waals surface area contributed by atoms with Crippen LogP contribution in [0.15, 0.2) is 53.1 Å². The molecule has 0 N–H and O–H groups in total. The second kappa shape index (κ2) is 8.35. The lowest BCUT2D eigenvalue weighted by Crippen LogP contribution is -2.22. The molecule has 0 spiro atoms. The maximum atomic E-state index is 5.90. The molecule has 0 amide bonds. The summed E-state index contributed by atoms with van der Waals surface area (Å²) < 4.78 is 11.7. The molecule has 5 heteroatoms. The number of aryl methyl sites for hydroxylation is 1. The Morgan fingerprint density at radius 1 is 1.07 bits per heavy atom. The fourth-order valence-electron chi connectivity index (χ4n) is 3.39. The minimum absolute atomic E-state index is 0.457. The van der Waals surface area contributed by atoms with Crippen molar-refractivity contribution in [1.29, 1.82) is 0 Å². The lowest BCUT2D eigenvalue weighted by molar-refractivity contribution is 0.301. The molecule has 1 aliphatic rings. The first kappa shape index (κ1) is 17.7. The van der Waals surface area contributed by atoms with Gasteiger partial charge in [0, 0.05) is 24.7 Å². The predicted molar refractivity (Wildman–Crippen MR) is 105 cm³/mol. The van der Waals surface area contributed by atoms with Crippen molar-refractivity contribution in [3.63, 3.8) is 0 Å². The molecule has 1 aliphatic heterocycles. The van der Waals surface area contributed by atoms with Crippen LogP contribution < -0.4 is 4.74 Å². The van der Waals surface area contributed by atoms with E-state index in [1.165, 1.54) is 25.9 Å². The van der Waals surface area contributed by atoms with Crippen LogP contribution in [0, 0.1) is 6.92 Å². The summed E-state index contributed by atoms with van der Waals surface area (Å²) in [6, 6.07) is 13.7. The quantitative estimate of drug-likeness (QED) is 0.628. The van der Waals surface area contributed by atoms with Crippen molar-refractivity contribution < 1.29 is 9.15 Å². The Bertz CT molecular complexity index is 853. The molecule has 27 heavy (non-hydrogen) atoms. The van der Waals surface area contributed by atoms with Crippen molar-refractivity contribution in [3.8, 4) is 17.2 Å². The molecule has 0 unspecified atom stereocenters. The van der Waals surface area contributed by atoms with Gasteiger partial charge >= 0.3 is 0 Å². The normalized spacial score (nSPS) is 14.6. The minimum atomic E-state index is 0.457. The van der Waals surface area contributed by atoms with Crippen LogP contribution in [0.5, 0.6) is 5.75 Å². The van der Waals surface area contributed by atoms with Crippen LogP contribution in [0.2, 0.25) is 0 Å². The molecule has 1 aromatic carbocycles. The van der Waals surface area contributed by atoms with Gasteiger partial charge in [0.15, 0.2) is 0 Å². The van der Waals surface area contributed by atoms with E-state index in [4.69, 9.17) is 14.1 Å². The van der Waals surface area contributed by atoms with E-state index >= 15 is 0 Å². The average molecular weight is 363 g/mol. The Kier molecular flexibility index (Phi) is 5.49. The zero-order valence-electron chi connectivity index (χ0n) is 15.7. The number of hydrogen-bond donors (Lipinski definition) is 0. The largest absolute Gasteiger partial charge is 0.487 e. The molecule has 0 aliphatic carbocycles. The lowest BCUT2D eigenvalue weighted by atomic mass is 10.2. The number of aromatic nitrogens is 2. The zero-order valence-corrected chi connectivity index (χ0v) is 15.7. The van der Waals surface area contributed by atoms with E-state index < -0.39 is 0 Å². The van der Waals surface area contributed by atoms with E-state index in [1.807, 2.05) is 49.4 Å². The van der Waals surface area contributed by atoms with Gasteiger partial charge in [0.25, 0.3) is 0 Å². The first-order valence-corrected chi connectivity index (χ1v) is 9.60. The Balaban J connectivity index is 1.37. The fraction of sp³-hybridized carbons (Fsp3) is 0.364. The van der Waals surface area contributed by atoms with Gasteiger partial charge in [-0.25, -0.2) is 4.98 Å². The summed E-state index contributed by atoms with van der Waals surface area (Å²) in [5.41, 5.74) is 2.94. The second-order valence-electron chi connectivity index (χ2n) is 6.95. The molecule has 5 nitrogen and oxygen atoms in total. The van der Waals surface area contributed by atoms with Crippen LogP contribution in [-0.2, 0) is 13.0 Å². The number of hydrogen-bond acceptors (Lipinski definition) is 5. The smallest absolute Gasteiger partial charge is 0.226 e. The van der Waals surface area contributed by atoms with Crippen LogP contribution in [0.1, 0.15) is 30.0 Å². The Morgan fingerprint density at radius 2 is 1.89 bits per heavy atom. The molecule has 0 saturated carbocycles. The highest BCUT2D eigenvalue weighted by molar-refractivity contribution is 5.55. The number of rotatable bonds is 7. The van der Waals surface area contributed by atoms with Crippen LogP contribution >= 0.6 is 0 Å². The summed E-state index contributed by atoms with van der Waals surface area (Å²) in [4.78, 5) is 11.5. The summed E-state index contributed by atoms with van der Waals surface area (Å²) >= 11 is 0. The molecule has 0 atom stereocenters. The SMILES string of the molecule is Cc1oc(-c2ccc(OCc3ccccn3)cc2)nc1CCN1CCCC1. The van der Waals surface area contributed by atoms with Crippen molar-refractivity contribution in [1.82, 2.24) is 14.9 Å². The molecule has 0 bridgehead atoms. The third-order valence-electron chi connectivity index (χ3n) is 4.97. The van der Waals surface area contributed by atoms with Gasteiger partial charge in [-0.15, -0.1) is 0 Å². The topological polar surface area (TPSA) is 51.4 Å². The van der Waals surface area contributed by atoms with E-state index in [9.17, 15) is 0 Å². The number of pyridine rings is 1. The zero-order chi connectivity index (χ0) is 18.5. The maximum absolute atomic E-state index is 5.90. The summed E-state index contributed by atoms with van der Waals surface area (Å²) in [5, 5.41) is 0. The summed E-state index contributed by atoms with van der Waals surface area (Å²) in [6.45, 7) is 5.94. The van der Waals surface area contributed by atoms with Gasteiger partial charge in [-0.1, -0.05) is 6.07 Å². The summed E-state index contributed by atoms with van der Waals surface area (Å²) in [5.74, 6) is 2.40. The number of ether oxygens (including phenoxy) is 1. The molecular weight excluding hydrogens is 338 g/mol. The molecule has 3 heterocycles. The van der Waals surface area contributed by atoms with Crippen molar-refractivity contribution in [3.05, 3.63) is 65.8 Å². The standard InChI is InChI=1S/C22H25N3O2/c1-17-21(11-15-25-13-4-5-14-25)24-22(27-17)18-7-9-20(10-8-18)26-16-19-6-2-3-12-23-19/h2-3,6-10,12H,4-5,11,13-16H2,1H3. The number of nitrogens with zero attached hydrogens (tertiary/aromatic N) is 3. The fourth-order valence-corrected chi connectivity index (χ4v) is 3.39. The van der Waals surface area contributed by atoms with E-state index in [0.717, 1.165) is 41.4 Å². The number of likely N-dealkylation sites (tertiary alicyclic amines) is 1. The van der Waals surface area contributed by atoms with Gasteiger partial charge in [-0.05, 0) is 69.3 Å². The first-order valence-electron chi connectivity index (χ1n) is 9.60. The molecule has 4 rings (SSSR count). The Hall–Kier alpha value is -2.66. The van der Waals surface area contributed by atoms with Crippen LogP contribution in [0.4, 0.5) is 0 Å². The highest BCUT2D eigenvalue weighted by Gasteiger charge is 2.15. The third-order valence-corrected chi connectivity index (χ3v) is 4.97. The van der Waals surface area contributed by atoms with Gasteiger partial charge < -0.3 is 14.1 Å². The number of oxazole rings is 1. The Labute approximate surface area is 160 Å². The summed E-state index contributed by atoms with van der Waals surface area (Å²) in [7, 11) is 0. The van der Waals surface area contributed by atoms with Gasteiger partial charge in [0.1, 0.15) is 18.1 Å². The van der Waals surface area contributed by atoms with Gasteiger partial charge in [0.05, 0.1) is 11.4 Å². The highest BCUT2D eigenvalue weighted by atomic mass is 16.5. The molecule has 2 aromatic heterocycles. The molecular formula is C22H25N3O2. The number of benzene rings is 1. The van der Waals surface area contributed by atoms with Gasteiger partial charge in [0.2, 0.25) is 5.89 Å². The summed E-state index contributed by atoms with van der Waals surface area (Å²) in [6.07, 6.45) is 5.35. The van der Waals surface area contributed by atoms with Crippen LogP contribution in [0.25, 0.3) is 11.5 Å². The average Bonchev–Trinajstić information content (AvgIpc) is 3.36. The molecule has 0 radical (unpaired) electrons. The monoisotopic (exact) mass is 363 g/mol. The van der Waals surface area contributed by atoms with Gasteiger partial charge in [-0.2, -0.15) is 0 Å². The predicted octanol–water partition coefficient (Wildman–Crippen LogP) is 4.26. The van der Waals surface area contributed by atoms with Crippen LogP contribution in [-0.4, -0.2) is 34.5 Å². The van der Waals surface area contributed by atoms with E-state index in [2.05, 4.69) is 9.88 Å². The van der Waals surface area contributed by atoms with E-state index in [1.54, 1.807) is 6.20 Å². The minimum Gasteiger partial charge on any atom is -0.487 e. The van der Waals surface area contributed by atoms with Gasteiger partial charge in [-0.3, -0.25) is 4.98 Å². The van der Waals surface area contributed by atoms with Crippen molar-refractivity contribution in [2.45, 2.75) is 32.8 Å². The van der Waals surface area contributed by atoms with E-state index in [-0.39, 0.29) is 0 Å². The van der Waals surface area contributed by atoms with Crippen molar-refractivity contribution in [2.24, 2.45) is 0 Å². The van der Waals surface area contributed by atoms with Crippen LogP contribution in [0.3, 0.4) is 0 Å². The molecule has 1 fully saturated rings. The molecule has 3 aromatic rings. The van der Waals surface area contributed by atoms with Crippen molar-refractivity contribution in [2.75, 3.05) is 19.6 Å². The molecule has 140 valence electrons. The van der Waals surface area contributed by atoms with E-state index in [0.29, 0.717) is 12.5 Å². The highest BCUT2D eigenvalue weighted by Crippen LogP contribution is 2.25. The third kappa shape index (κ3) is 4.55. The second-order valence-corrected chi connectivity index (χ2v) is 6.95. The lowest BCUT2D eigenvalue weighted by Gasteiger charge is -2.12. The Morgan fingerprint density at radius 3 is 2.63 bits per heavy atom. The maximum Gasteiger partial charge on any atom is 0.226 e. The van der Waals surface area contributed by atoms with Crippen molar-refractivity contribution >= 4 is 0 Å². The first-order chi connectivity index (χ1) is 13.3.